The van der Waals surface area contributed by atoms with Crippen LogP contribution < -0.4 is 0 Å². The van der Waals surface area contributed by atoms with Crippen molar-refractivity contribution in [2.45, 2.75) is 6.10 Å². The predicted molar refractivity (Wildman–Crippen MR) is 26.0 cm³/mol. The molecule has 0 aromatic heterocycles. The molecule has 3 heteroatoms. The molecule has 1 heterocycles. The molecule has 1 rings (SSSR count). The summed E-state index contributed by atoms with van der Waals surface area (Å²) in [5.41, 5.74) is 0. The molecule has 1 unspecified atom stereocenters. The number of carbonyl (C=O) groups is 1. The van der Waals surface area contributed by atoms with Crippen molar-refractivity contribution in [2.75, 3.05) is 7.11 Å². The van der Waals surface area contributed by atoms with Gasteiger partial charge in [0, 0.05) is 7.11 Å². The van der Waals surface area contributed by atoms with E-state index in [1.807, 2.05) is 0 Å². The van der Waals surface area contributed by atoms with Crippen molar-refractivity contribution in [3.8, 4) is 0 Å². The van der Waals surface area contributed by atoms with Gasteiger partial charge in [0.25, 0.3) is 0 Å². The SMILES string of the molecule is COC1C=COC1=O. The Morgan fingerprint density at radius 1 is 1.88 bits per heavy atom. The van der Waals surface area contributed by atoms with Gasteiger partial charge in [-0.25, -0.2) is 4.79 Å². The molecule has 3 nitrogen and oxygen atoms in total. The molecular formula is C5H6O3. The summed E-state index contributed by atoms with van der Waals surface area (Å²) in [4.78, 5) is 10.4. The van der Waals surface area contributed by atoms with Crippen LogP contribution in [0.25, 0.3) is 0 Å². The molecule has 0 aromatic rings. The summed E-state index contributed by atoms with van der Waals surface area (Å²) in [5.74, 6) is -0.340. The Labute approximate surface area is 46.9 Å². The number of rotatable bonds is 1. The highest BCUT2D eigenvalue weighted by Crippen LogP contribution is 2.03. The fourth-order valence-corrected chi connectivity index (χ4v) is 0.498. The van der Waals surface area contributed by atoms with Gasteiger partial charge in [0.2, 0.25) is 0 Å². The molecule has 1 aliphatic rings. The molecule has 8 heavy (non-hydrogen) atoms. The summed E-state index contributed by atoms with van der Waals surface area (Å²) in [6.45, 7) is 0. The van der Waals surface area contributed by atoms with E-state index in [4.69, 9.17) is 0 Å². The highest BCUT2D eigenvalue weighted by Gasteiger charge is 2.19. The van der Waals surface area contributed by atoms with Crippen LogP contribution in [0.15, 0.2) is 12.3 Å². The van der Waals surface area contributed by atoms with Crippen molar-refractivity contribution in [1.82, 2.24) is 0 Å². The average Bonchev–Trinajstić information content (AvgIpc) is 2.14. The molecule has 1 atom stereocenters. The number of cyclic esters (lactones) is 1. The van der Waals surface area contributed by atoms with Crippen LogP contribution in [-0.2, 0) is 14.3 Å². The van der Waals surface area contributed by atoms with Crippen molar-refractivity contribution in [1.29, 1.82) is 0 Å². The van der Waals surface area contributed by atoms with Crippen LogP contribution in [0.1, 0.15) is 0 Å². The zero-order valence-electron chi connectivity index (χ0n) is 4.46. The van der Waals surface area contributed by atoms with Crippen LogP contribution in [-0.4, -0.2) is 19.2 Å². The maximum absolute atomic E-state index is 10.4. The minimum atomic E-state index is -0.477. The fourth-order valence-electron chi connectivity index (χ4n) is 0.498. The second-order valence-corrected chi connectivity index (χ2v) is 1.42. The third-order valence-electron chi connectivity index (χ3n) is 0.924. The van der Waals surface area contributed by atoms with Gasteiger partial charge in [-0.2, -0.15) is 0 Å². The topological polar surface area (TPSA) is 35.5 Å². The first kappa shape index (κ1) is 5.31. The van der Waals surface area contributed by atoms with Crippen LogP contribution in [0, 0.1) is 0 Å². The van der Waals surface area contributed by atoms with E-state index in [2.05, 4.69) is 9.47 Å². The number of carbonyl (C=O) groups excluding carboxylic acids is 1. The lowest BCUT2D eigenvalue weighted by Crippen LogP contribution is -2.15. The Morgan fingerprint density at radius 3 is 2.88 bits per heavy atom. The highest BCUT2D eigenvalue weighted by molar-refractivity contribution is 5.79. The van der Waals surface area contributed by atoms with Crippen molar-refractivity contribution < 1.29 is 14.3 Å². The quantitative estimate of drug-likeness (QED) is 0.452. The summed E-state index contributed by atoms with van der Waals surface area (Å²) < 4.78 is 9.07. The third-order valence-corrected chi connectivity index (χ3v) is 0.924. The Balaban J connectivity index is 2.53. The van der Waals surface area contributed by atoms with Crippen LogP contribution in [0.4, 0.5) is 0 Å². The van der Waals surface area contributed by atoms with Crippen molar-refractivity contribution in [3.63, 3.8) is 0 Å². The second kappa shape index (κ2) is 1.96. The van der Waals surface area contributed by atoms with E-state index < -0.39 is 6.10 Å². The maximum atomic E-state index is 10.4. The van der Waals surface area contributed by atoms with Crippen molar-refractivity contribution in [3.05, 3.63) is 12.3 Å². The van der Waals surface area contributed by atoms with E-state index in [1.165, 1.54) is 13.4 Å². The molecule has 0 aliphatic carbocycles. The van der Waals surface area contributed by atoms with Crippen molar-refractivity contribution >= 4 is 5.97 Å². The molecule has 0 amide bonds. The first-order valence-corrected chi connectivity index (χ1v) is 2.24. The van der Waals surface area contributed by atoms with Gasteiger partial charge in [0.1, 0.15) is 0 Å². The van der Waals surface area contributed by atoms with Gasteiger partial charge in [-0.1, -0.05) is 0 Å². The second-order valence-electron chi connectivity index (χ2n) is 1.42. The van der Waals surface area contributed by atoms with Gasteiger partial charge in [0.15, 0.2) is 6.10 Å². The molecule has 1 aliphatic heterocycles. The summed E-state index contributed by atoms with van der Waals surface area (Å²) in [7, 11) is 1.46. The van der Waals surface area contributed by atoms with Crippen LogP contribution in [0.2, 0.25) is 0 Å². The number of methoxy groups -OCH3 is 1. The monoisotopic (exact) mass is 114 g/mol. The largest absolute Gasteiger partial charge is 0.433 e. The minimum Gasteiger partial charge on any atom is -0.433 e. The van der Waals surface area contributed by atoms with E-state index in [0.29, 0.717) is 0 Å². The molecule has 44 valence electrons. The molecule has 0 saturated carbocycles. The Morgan fingerprint density at radius 2 is 2.62 bits per heavy atom. The summed E-state index contributed by atoms with van der Waals surface area (Å²) >= 11 is 0. The average molecular weight is 114 g/mol. The number of esters is 1. The summed E-state index contributed by atoms with van der Waals surface area (Å²) in [5, 5.41) is 0. The predicted octanol–water partition coefficient (Wildman–Crippen LogP) is 0.0719. The minimum absolute atomic E-state index is 0.340. The highest BCUT2D eigenvalue weighted by atomic mass is 16.6. The lowest BCUT2D eigenvalue weighted by molar-refractivity contribution is -0.143. The normalized spacial score (nSPS) is 26.1. The standard InChI is InChI=1S/C5H6O3/c1-7-4-2-3-8-5(4)6/h2-4H,1H3. The molecule has 0 bridgehead atoms. The number of hydrogen-bond donors (Lipinski definition) is 0. The smallest absolute Gasteiger partial charge is 0.344 e. The maximum Gasteiger partial charge on any atom is 0.344 e. The Hall–Kier alpha value is -0.830. The van der Waals surface area contributed by atoms with E-state index in [0.717, 1.165) is 0 Å². The Bertz CT molecular complexity index is 128. The first-order valence-electron chi connectivity index (χ1n) is 2.24. The van der Waals surface area contributed by atoms with Gasteiger partial charge < -0.3 is 9.47 Å². The Kier molecular flexibility index (Phi) is 1.30. The summed E-state index contributed by atoms with van der Waals surface area (Å²) in [6.07, 6.45) is 2.41. The summed E-state index contributed by atoms with van der Waals surface area (Å²) in [6, 6.07) is 0. The lowest BCUT2D eigenvalue weighted by atomic mass is 10.4. The van der Waals surface area contributed by atoms with Gasteiger partial charge in [-0.3, -0.25) is 0 Å². The van der Waals surface area contributed by atoms with E-state index in [-0.39, 0.29) is 5.97 Å². The third kappa shape index (κ3) is 0.721. The van der Waals surface area contributed by atoms with Gasteiger partial charge in [-0.15, -0.1) is 0 Å². The zero-order chi connectivity index (χ0) is 5.98. The molecule has 0 saturated heterocycles. The lowest BCUT2D eigenvalue weighted by Gasteiger charge is -1.97. The van der Waals surface area contributed by atoms with E-state index >= 15 is 0 Å². The van der Waals surface area contributed by atoms with Gasteiger partial charge >= 0.3 is 5.97 Å². The molecule has 0 aromatic carbocycles. The molecular weight excluding hydrogens is 108 g/mol. The van der Waals surface area contributed by atoms with Gasteiger partial charge in [-0.05, 0) is 6.08 Å². The number of hydrogen-bond acceptors (Lipinski definition) is 3. The molecule has 0 fully saturated rings. The van der Waals surface area contributed by atoms with Crippen LogP contribution in [0.5, 0.6) is 0 Å². The molecule has 0 spiro atoms. The fraction of sp³-hybridized carbons (Fsp3) is 0.400. The van der Waals surface area contributed by atoms with Crippen LogP contribution >= 0.6 is 0 Å². The van der Waals surface area contributed by atoms with E-state index in [1.54, 1.807) is 6.08 Å². The first-order chi connectivity index (χ1) is 3.84. The molecule has 0 radical (unpaired) electrons. The van der Waals surface area contributed by atoms with E-state index in [9.17, 15) is 4.79 Å². The van der Waals surface area contributed by atoms with Crippen LogP contribution in [0.3, 0.4) is 0 Å². The number of ether oxygens (including phenoxy) is 2. The zero-order valence-corrected chi connectivity index (χ0v) is 4.46. The van der Waals surface area contributed by atoms with Crippen molar-refractivity contribution in [2.24, 2.45) is 0 Å². The molecule has 0 N–H and O–H groups in total. The van der Waals surface area contributed by atoms with Gasteiger partial charge in [0.05, 0.1) is 6.26 Å².